The lowest BCUT2D eigenvalue weighted by Crippen LogP contribution is -2.10. The molecule has 12 heteroatoms. The molecular weight excluding hydrogens is 452 g/mol. The summed E-state index contributed by atoms with van der Waals surface area (Å²) < 4.78 is 15.1. The quantitative estimate of drug-likeness (QED) is 0.309. The Hall–Kier alpha value is -2.60. The number of nitrogens with zero attached hydrogens (tertiary/aromatic N) is 6. The second-order valence-corrected chi connectivity index (χ2v) is 7.85. The summed E-state index contributed by atoms with van der Waals surface area (Å²) in [5.41, 5.74) is 1.04. The number of ether oxygens (including phenoxy) is 2. The predicted molar refractivity (Wildman–Crippen MR) is 104 cm³/mol. The maximum Gasteiger partial charge on any atom is 0.343 e. The number of imidazole rings is 1. The van der Waals surface area contributed by atoms with Crippen molar-refractivity contribution in [1.29, 1.82) is 0 Å². The van der Waals surface area contributed by atoms with Crippen molar-refractivity contribution in [2.24, 2.45) is 7.05 Å². The first kappa shape index (κ1) is 18.7. The zero-order valence-electron chi connectivity index (χ0n) is 15.0. The van der Waals surface area contributed by atoms with Crippen molar-refractivity contribution < 1.29 is 14.4 Å². The second kappa shape index (κ2) is 7.43. The molecule has 0 saturated heterocycles. The van der Waals surface area contributed by atoms with Crippen LogP contribution in [0.1, 0.15) is 17.2 Å². The van der Waals surface area contributed by atoms with E-state index in [-0.39, 0.29) is 19.2 Å². The molecule has 146 valence electrons. The second-order valence-electron chi connectivity index (χ2n) is 6.05. The van der Waals surface area contributed by atoms with E-state index in [1.165, 1.54) is 22.5 Å². The number of aromatic nitrogens is 5. The maximum atomic E-state index is 11.2. The average Bonchev–Trinajstić information content (AvgIpc) is 3.34. The van der Waals surface area contributed by atoms with Crippen LogP contribution in [0.5, 0.6) is 11.5 Å². The average molecular weight is 467 g/mol. The monoisotopic (exact) mass is 466 g/mol. The molecule has 0 N–H and O–H groups in total. The van der Waals surface area contributed by atoms with Gasteiger partial charge >= 0.3 is 5.82 Å². The lowest BCUT2D eigenvalue weighted by atomic mass is 10.2. The van der Waals surface area contributed by atoms with E-state index in [0.717, 1.165) is 21.5 Å². The zero-order chi connectivity index (χ0) is 19.8. The van der Waals surface area contributed by atoms with E-state index < -0.39 is 4.92 Å². The highest BCUT2D eigenvalue weighted by atomic mass is 79.9. The van der Waals surface area contributed by atoms with E-state index in [9.17, 15) is 10.1 Å². The largest absolute Gasteiger partial charge is 0.454 e. The fraction of sp³-hybridized carbons (Fsp3) is 0.312. The van der Waals surface area contributed by atoms with Crippen LogP contribution >= 0.6 is 27.7 Å². The van der Waals surface area contributed by atoms with Gasteiger partial charge in [0.1, 0.15) is 6.20 Å². The molecule has 0 spiro atoms. The van der Waals surface area contributed by atoms with Crippen molar-refractivity contribution in [2.75, 3.05) is 6.79 Å². The Labute approximate surface area is 172 Å². The Morgan fingerprint density at radius 1 is 1.32 bits per heavy atom. The molecule has 0 bridgehead atoms. The van der Waals surface area contributed by atoms with Crippen LogP contribution in [0, 0.1) is 17.0 Å². The number of halogens is 1. The van der Waals surface area contributed by atoms with Gasteiger partial charge in [0.15, 0.2) is 34.8 Å². The SMILES string of the molecule is Cc1ncc([N+](=O)[O-])n1Cc1nnc(SCc2cc3c(cc2Br)OCO3)n1C. The third-order valence-corrected chi connectivity index (χ3v) is 6.15. The molecule has 0 atom stereocenters. The van der Waals surface area contributed by atoms with E-state index in [1.54, 1.807) is 6.92 Å². The third-order valence-electron chi connectivity index (χ3n) is 4.34. The van der Waals surface area contributed by atoms with Gasteiger partial charge < -0.3 is 24.2 Å². The van der Waals surface area contributed by atoms with Crippen LogP contribution in [-0.2, 0) is 19.3 Å². The Morgan fingerprint density at radius 3 is 2.82 bits per heavy atom. The smallest absolute Gasteiger partial charge is 0.343 e. The van der Waals surface area contributed by atoms with Crippen LogP contribution in [0.3, 0.4) is 0 Å². The molecule has 0 aliphatic carbocycles. The number of hydrogen-bond donors (Lipinski definition) is 0. The van der Waals surface area contributed by atoms with E-state index in [2.05, 4.69) is 31.1 Å². The standard InChI is InChI=1S/C16H15BrN6O4S/c1-9-18-5-15(23(24)25)22(9)6-14-19-20-16(21(14)2)28-7-10-3-12-13(4-11(10)17)27-8-26-12/h3-5H,6-8H2,1-2H3. The molecule has 0 radical (unpaired) electrons. The fourth-order valence-electron chi connectivity index (χ4n) is 2.76. The summed E-state index contributed by atoms with van der Waals surface area (Å²) in [5, 5.41) is 20.3. The Bertz CT molecular complexity index is 1070. The number of hydrogen-bond acceptors (Lipinski definition) is 8. The Morgan fingerprint density at radius 2 is 2.07 bits per heavy atom. The maximum absolute atomic E-state index is 11.2. The molecule has 0 fully saturated rings. The van der Waals surface area contributed by atoms with Gasteiger partial charge in [-0.1, -0.05) is 27.7 Å². The van der Waals surface area contributed by atoms with Crippen LogP contribution < -0.4 is 9.47 Å². The number of fused-ring (bicyclic) bond motifs is 1. The third kappa shape index (κ3) is 3.44. The molecule has 1 aliphatic heterocycles. The summed E-state index contributed by atoms with van der Waals surface area (Å²) in [6, 6.07) is 3.83. The van der Waals surface area contributed by atoms with Crippen molar-refractivity contribution in [2.45, 2.75) is 24.4 Å². The minimum atomic E-state index is -0.455. The van der Waals surface area contributed by atoms with Crippen LogP contribution in [0.2, 0.25) is 0 Å². The molecule has 3 aromatic rings. The number of rotatable bonds is 6. The molecule has 0 amide bonds. The molecule has 1 aliphatic rings. The van der Waals surface area contributed by atoms with Gasteiger partial charge in [-0.2, -0.15) is 0 Å². The first-order valence-electron chi connectivity index (χ1n) is 8.19. The normalized spacial score (nSPS) is 12.5. The highest BCUT2D eigenvalue weighted by Gasteiger charge is 2.21. The van der Waals surface area contributed by atoms with Gasteiger partial charge in [0.05, 0.1) is 0 Å². The molecule has 3 heterocycles. The van der Waals surface area contributed by atoms with Gasteiger partial charge in [0, 0.05) is 24.2 Å². The molecule has 4 rings (SSSR count). The molecule has 0 unspecified atom stereocenters. The summed E-state index contributed by atoms with van der Waals surface area (Å²) >= 11 is 5.06. The topological polar surface area (TPSA) is 110 Å². The molecule has 10 nitrogen and oxygen atoms in total. The number of thioether (sulfide) groups is 1. The van der Waals surface area contributed by atoms with Crippen molar-refractivity contribution in [1.82, 2.24) is 24.3 Å². The molecular formula is C16H15BrN6O4S. The number of benzene rings is 1. The van der Waals surface area contributed by atoms with Gasteiger partial charge in [0.25, 0.3) is 0 Å². The number of nitro groups is 1. The lowest BCUT2D eigenvalue weighted by molar-refractivity contribution is -0.392. The van der Waals surface area contributed by atoms with Crippen LogP contribution in [0.25, 0.3) is 0 Å². The fourth-order valence-corrected chi connectivity index (χ4v) is 4.33. The van der Waals surface area contributed by atoms with Crippen molar-refractivity contribution in [3.63, 3.8) is 0 Å². The Kier molecular flexibility index (Phi) is 4.98. The summed E-state index contributed by atoms with van der Waals surface area (Å²) in [6.45, 7) is 2.17. The highest BCUT2D eigenvalue weighted by molar-refractivity contribution is 9.10. The van der Waals surface area contributed by atoms with E-state index in [4.69, 9.17) is 9.47 Å². The summed E-state index contributed by atoms with van der Waals surface area (Å²) in [7, 11) is 1.84. The van der Waals surface area contributed by atoms with Gasteiger partial charge in [-0.3, -0.25) is 0 Å². The van der Waals surface area contributed by atoms with E-state index >= 15 is 0 Å². The summed E-state index contributed by atoms with van der Waals surface area (Å²) in [4.78, 5) is 14.7. The first-order valence-corrected chi connectivity index (χ1v) is 9.97. The van der Waals surface area contributed by atoms with Crippen molar-refractivity contribution in [3.05, 3.63) is 50.1 Å². The minimum Gasteiger partial charge on any atom is -0.454 e. The van der Waals surface area contributed by atoms with Gasteiger partial charge in [-0.25, -0.2) is 9.55 Å². The predicted octanol–water partition coefficient (Wildman–Crippen LogP) is 3.06. The van der Waals surface area contributed by atoms with Gasteiger partial charge in [-0.15, -0.1) is 10.2 Å². The molecule has 2 aromatic heterocycles. The highest BCUT2D eigenvalue weighted by Crippen LogP contribution is 2.38. The van der Waals surface area contributed by atoms with Gasteiger partial charge in [-0.05, 0) is 22.6 Å². The minimum absolute atomic E-state index is 0.0704. The van der Waals surface area contributed by atoms with Crippen LogP contribution in [-0.4, -0.2) is 36.0 Å². The van der Waals surface area contributed by atoms with Crippen LogP contribution in [0.4, 0.5) is 5.82 Å². The Balaban J connectivity index is 1.51. The molecule has 28 heavy (non-hydrogen) atoms. The molecule has 1 aromatic carbocycles. The zero-order valence-corrected chi connectivity index (χ0v) is 17.4. The molecule has 0 saturated carbocycles. The lowest BCUT2D eigenvalue weighted by Gasteiger charge is -2.07. The van der Waals surface area contributed by atoms with Gasteiger partial charge in [0.2, 0.25) is 6.79 Å². The van der Waals surface area contributed by atoms with E-state index in [0.29, 0.717) is 22.6 Å². The summed E-state index contributed by atoms with van der Waals surface area (Å²) in [5.74, 6) is 3.18. The summed E-state index contributed by atoms with van der Waals surface area (Å²) in [6.07, 6.45) is 1.25. The number of aryl methyl sites for hydroxylation is 1. The van der Waals surface area contributed by atoms with Crippen molar-refractivity contribution in [3.8, 4) is 11.5 Å². The first-order chi connectivity index (χ1) is 13.4. The van der Waals surface area contributed by atoms with Crippen molar-refractivity contribution >= 4 is 33.5 Å². The van der Waals surface area contributed by atoms with E-state index in [1.807, 2.05) is 23.7 Å². The van der Waals surface area contributed by atoms with Crippen LogP contribution in [0.15, 0.2) is 28.0 Å².